The predicted octanol–water partition coefficient (Wildman–Crippen LogP) is 0.124. The first-order valence-electron chi connectivity index (χ1n) is 5.47. The van der Waals surface area contributed by atoms with Crippen molar-refractivity contribution in [1.82, 2.24) is 9.78 Å². The van der Waals surface area contributed by atoms with Crippen molar-refractivity contribution in [1.29, 1.82) is 0 Å². The highest BCUT2D eigenvalue weighted by Gasteiger charge is 2.18. The van der Waals surface area contributed by atoms with E-state index in [1.165, 1.54) is 10.9 Å². The molecule has 102 valence electrons. The monoisotopic (exact) mass is 259 g/mol. The molecule has 0 spiro atoms. The summed E-state index contributed by atoms with van der Waals surface area (Å²) in [7, 11) is 1.56. The number of hydrogen-bond donors (Lipinski definition) is 1. The summed E-state index contributed by atoms with van der Waals surface area (Å²) in [6.07, 6.45) is 0.761. The summed E-state index contributed by atoms with van der Waals surface area (Å²) in [5, 5.41) is 24.0. The van der Waals surface area contributed by atoms with Gasteiger partial charge in [-0.2, -0.15) is 4.68 Å². The minimum absolute atomic E-state index is 0.135. The van der Waals surface area contributed by atoms with E-state index < -0.39 is 11.0 Å². The summed E-state index contributed by atoms with van der Waals surface area (Å²) < 4.78 is 11.3. The van der Waals surface area contributed by atoms with Crippen molar-refractivity contribution in [3.8, 4) is 0 Å². The number of ether oxygens (including phenoxy) is 2. The highest BCUT2D eigenvalue weighted by atomic mass is 16.6. The number of aliphatic hydroxyl groups excluding tert-OH is 1. The van der Waals surface area contributed by atoms with Crippen molar-refractivity contribution in [2.45, 2.75) is 19.6 Å². The Kier molecular flexibility index (Phi) is 5.69. The number of hydrogen-bond acceptors (Lipinski definition) is 6. The Balaban J connectivity index is 2.42. The van der Waals surface area contributed by atoms with Crippen LogP contribution in [0.4, 0.5) is 5.82 Å². The predicted molar refractivity (Wildman–Crippen MR) is 62.3 cm³/mol. The van der Waals surface area contributed by atoms with Gasteiger partial charge in [0.1, 0.15) is 0 Å². The molecule has 8 heteroatoms. The number of rotatable bonds is 8. The van der Waals surface area contributed by atoms with Crippen molar-refractivity contribution in [2.24, 2.45) is 0 Å². The van der Waals surface area contributed by atoms with Crippen LogP contribution in [0.2, 0.25) is 0 Å². The van der Waals surface area contributed by atoms with E-state index in [9.17, 15) is 15.2 Å². The molecule has 18 heavy (non-hydrogen) atoms. The van der Waals surface area contributed by atoms with E-state index in [0.29, 0.717) is 18.8 Å². The molecule has 1 rings (SSSR count). The minimum Gasteiger partial charge on any atom is -0.389 e. The first kappa shape index (κ1) is 14.6. The van der Waals surface area contributed by atoms with E-state index >= 15 is 0 Å². The van der Waals surface area contributed by atoms with Gasteiger partial charge in [0.2, 0.25) is 0 Å². The third-order valence-corrected chi connectivity index (χ3v) is 2.23. The largest absolute Gasteiger partial charge is 0.392 e. The maximum absolute atomic E-state index is 10.6. The van der Waals surface area contributed by atoms with Crippen LogP contribution in [0, 0.1) is 17.0 Å². The second kappa shape index (κ2) is 7.04. The Hall–Kier alpha value is -1.51. The zero-order valence-electron chi connectivity index (χ0n) is 10.4. The molecule has 1 aromatic rings. The summed E-state index contributed by atoms with van der Waals surface area (Å²) in [5.41, 5.74) is 0.465. The lowest BCUT2D eigenvalue weighted by Crippen LogP contribution is -2.23. The second-order valence-corrected chi connectivity index (χ2v) is 3.84. The highest BCUT2D eigenvalue weighted by molar-refractivity contribution is 5.27. The lowest BCUT2D eigenvalue weighted by atomic mass is 10.3. The third-order valence-electron chi connectivity index (χ3n) is 2.23. The lowest BCUT2D eigenvalue weighted by Gasteiger charge is -2.09. The topological polar surface area (TPSA) is 99.6 Å². The quantitative estimate of drug-likeness (QED) is 0.404. The molecule has 0 aliphatic carbocycles. The number of aryl methyl sites for hydroxylation is 1. The molecule has 0 saturated heterocycles. The Labute approximate surface area is 104 Å². The van der Waals surface area contributed by atoms with Crippen LogP contribution in [0.5, 0.6) is 0 Å². The van der Waals surface area contributed by atoms with Gasteiger partial charge in [0, 0.05) is 7.11 Å². The molecule has 1 heterocycles. The van der Waals surface area contributed by atoms with Crippen molar-refractivity contribution in [3.05, 3.63) is 21.9 Å². The van der Waals surface area contributed by atoms with Gasteiger partial charge in [-0.3, -0.25) is 0 Å². The summed E-state index contributed by atoms with van der Waals surface area (Å²) in [6.45, 7) is 2.74. The average Bonchev–Trinajstić information content (AvgIpc) is 2.66. The highest BCUT2D eigenvalue weighted by Crippen LogP contribution is 2.13. The smallest absolute Gasteiger partial charge is 0.389 e. The van der Waals surface area contributed by atoms with Crippen molar-refractivity contribution < 1.29 is 19.5 Å². The van der Waals surface area contributed by atoms with Crippen LogP contribution in [0.25, 0.3) is 0 Å². The molecule has 1 N–H and O–H groups in total. The fourth-order valence-electron chi connectivity index (χ4n) is 1.41. The zero-order chi connectivity index (χ0) is 13.5. The molecule has 0 saturated carbocycles. The van der Waals surface area contributed by atoms with Crippen LogP contribution in [-0.4, -0.2) is 52.8 Å². The Bertz CT molecular complexity index is 393. The van der Waals surface area contributed by atoms with Crippen molar-refractivity contribution >= 4 is 5.82 Å². The van der Waals surface area contributed by atoms with Crippen LogP contribution in [0.3, 0.4) is 0 Å². The number of aliphatic hydroxyl groups is 1. The van der Waals surface area contributed by atoms with Gasteiger partial charge in [-0.1, -0.05) is 0 Å². The molecule has 0 fully saturated rings. The fraction of sp³-hybridized carbons (Fsp3) is 0.700. The molecule has 0 bridgehead atoms. The van der Waals surface area contributed by atoms with Gasteiger partial charge in [0.05, 0.1) is 49.3 Å². The molecule has 0 amide bonds. The van der Waals surface area contributed by atoms with Gasteiger partial charge in [-0.15, -0.1) is 0 Å². The van der Waals surface area contributed by atoms with Crippen molar-refractivity contribution in [3.63, 3.8) is 0 Å². The van der Waals surface area contributed by atoms with Gasteiger partial charge in [-0.05, 0) is 11.8 Å². The lowest BCUT2D eigenvalue weighted by molar-refractivity contribution is -0.390. The summed E-state index contributed by atoms with van der Waals surface area (Å²) in [6, 6.07) is 0. The molecular weight excluding hydrogens is 242 g/mol. The van der Waals surface area contributed by atoms with E-state index in [1.54, 1.807) is 14.0 Å². The maximum atomic E-state index is 10.6. The number of aromatic nitrogens is 2. The van der Waals surface area contributed by atoms with Gasteiger partial charge in [-0.25, -0.2) is 0 Å². The number of nitro groups is 1. The molecular formula is C10H17N3O5. The number of methoxy groups -OCH3 is 1. The molecule has 1 aromatic heterocycles. The van der Waals surface area contributed by atoms with E-state index in [2.05, 4.69) is 5.10 Å². The van der Waals surface area contributed by atoms with Gasteiger partial charge >= 0.3 is 5.82 Å². The van der Waals surface area contributed by atoms with E-state index in [0.717, 1.165) is 0 Å². The summed E-state index contributed by atoms with van der Waals surface area (Å²) in [5.74, 6) is -0.192. The minimum atomic E-state index is -0.763. The molecule has 0 aromatic carbocycles. The fourth-order valence-corrected chi connectivity index (χ4v) is 1.41. The van der Waals surface area contributed by atoms with Crippen LogP contribution in [0.15, 0.2) is 6.20 Å². The molecule has 1 unspecified atom stereocenters. The average molecular weight is 259 g/mol. The van der Waals surface area contributed by atoms with Crippen LogP contribution in [-0.2, 0) is 16.0 Å². The molecule has 8 nitrogen and oxygen atoms in total. The molecule has 1 atom stereocenters. The third kappa shape index (κ3) is 4.40. The van der Waals surface area contributed by atoms with E-state index in [1.807, 2.05) is 0 Å². The standard InChI is InChI=1S/C10H17N3O5/c1-8-5-12(11-10(8)13(15)16)6-9(14)7-18-4-3-17-2/h5,9,14H,3-4,6-7H2,1-2H3. The molecule has 0 radical (unpaired) electrons. The van der Waals surface area contributed by atoms with Crippen molar-refractivity contribution in [2.75, 3.05) is 26.9 Å². The van der Waals surface area contributed by atoms with Crippen LogP contribution >= 0.6 is 0 Å². The number of nitrogens with zero attached hydrogens (tertiary/aromatic N) is 3. The zero-order valence-corrected chi connectivity index (χ0v) is 10.4. The van der Waals surface area contributed by atoms with E-state index in [4.69, 9.17) is 9.47 Å². The summed E-state index contributed by atoms with van der Waals surface area (Å²) >= 11 is 0. The van der Waals surface area contributed by atoms with Crippen LogP contribution < -0.4 is 0 Å². The summed E-state index contributed by atoms with van der Waals surface area (Å²) in [4.78, 5) is 10.0. The maximum Gasteiger partial charge on any atom is 0.392 e. The van der Waals surface area contributed by atoms with Crippen LogP contribution in [0.1, 0.15) is 5.56 Å². The van der Waals surface area contributed by atoms with Gasteiger partial charge < -0.3 is 24.7 Å². The van der Waals surface area contributed by atoms with Gasteiger partial charge in [0.15, 0.2) is 0 Å². The second-order valence-electron chi connectivity index (χ2n) is 3.84. The Morgan fingerprint density at radius 2 is 2.33 bits per heavy atom. The Morgan fingerprint density at radius 1 is 1.61 bits per heavy atom. The molecule has 0 aliphatic rings. The SMILES string of the molecule is COCCOCC(O)Cn1cc(C)c([N+](=O)[O-])n1. The van der Waals surface area contributed by atoms with Gasteiger partial charge in [0.25, 0.3) is 0 Å². The normalized spacial score (nSPS) is 12.6. The first-order chi connectivity index (χ1) is 8.54. The van der Waals surface area contributed by atoms with E-state index in [-0.39, 0.29) is 19.0 Å². The Morgan fingerprint density at radius 3 is 2.89 bits per heavy atom. The first-order valence-corrected chi connectivity index (χ1v) is 5.47. The molecule has 0 aliphatic heterocycles.